The summed E-state index contributed by atoms with van der Waals surface area (Å²) >= 11 is 11.6. The predicted octanol–water partition coefficient (Wildman–Crippen LogP) is 3.25. The van der Waals surface area contributed by atoms with Crippen LogP contribution in [0.3, 0.4) is 0 Å². The van der Waals surface area contributed by atoms with E-state index in [0.29, 0.717) is 24.7 Å². The Bertz CT molecular complexity index is 1100. The van der Waals surface area contributed by atoms with Gasteiger partial charge in [-0.15, -0.1) is 0 Å². The minimum Gasteiger partial charge on any atom is -0.490 e. The van der Waals surface area contributed by atoms with E-state index in [4.69, 9.17) is 37.4 Å². The van der Waals surface area contributed by atoms with Crippen LogP contribution in [0.15, 0.2) is 41.3 Å². The number of hydrogen-bond donors (Lipinski definition) is 1. The van der Waals surface area contributed by atoms with Crippen LogP contribution < -0.4 is 14.2 Å². The molecule has 31 heavy (non-hydrogen) atoms. The van der Waals surface area contributed by atoms with Crippen molar-refractivity contribution in [1.29, 1.82) is 0 Å². The van der Waals surface area contributed by atoms with Crippen molar-refractivity contribution < 1.29 is 32.2 Å². The highest BCUT2D eigenvalue weighted by atomic mass is 35.5. The normalized spacial score (nSPS) is 14.4. The summed E-state index contributed by atoms with van der Waals surface area (Å²) in [5, 5.41) is 0.252. The van der Waals surface area contributed by atoms with E-state index in [2.05, 4.69) is 4.72 Å². The van der Waals surface area contributed by atoms with E-state index in [-0.39, 0.29) is 20.5 Å². The molecule has 1 atom stereocenters. The van der Waals surface area contributed by atoms with Crippen LogP contribution in [0.1, 0.15) is 23.7 Å². The Balaban J connectivity index is 1.59. The number of nitrogens with one attached hydrogen (secondary N) is 1. The van der Waals surface area contributed by atoms with Gasteiger partial charge in [0.25, 0.3) is 0 Å². The first kappa shape index (κ1) is 23.3. The van der Waals surface area contributed by atoms with Gasteiger partial charge in [0, 0.05) is 12.0 Å². The Morgan fingerprint density at radius 3 is 2.48 bits per heavy atom. The van der Waals surface area contributed by atoms with Gasteiger partial charge in [-0.05, 0) is 43.3 Å². The first-order valence-corrected chi connectivity index (χ1v) is 11.5. The molecule has 0 spiro atoms. The van der Waals surface area contributed by atoms with E-state index < -0.39 is 34.4 Å². The van der Waals surface area contributed by atoms with E-state index in [1.807, 2.05) is 0 Å². The third kappa shape index (κ3) is 5.88. The average molecular weight is 488 g/mol. The average Bonchev–Trinajstić information content (AvgIpc) is 2.98. The smallest absolute Gasteiger partial charge is 0.324 e. The van der Waals surface area contributed by atoms with Gasteiger partial charge in [0.2, 0.25) is 10.0 Å². The summed E-state index contributed by atoms with van der Waals surface area (Å²) in [6.07, 6.45) is 0.728. The number of ketones is 1. The second kappa shape index (κ2) is 9.86. The summed E-state index contributed by atoms with van der Waals surface area (Å²) in [5.41, 5.74) is 0.279. The van der Waals surface area contributed by atoms with Crippen molar-refractivity contribution in [1.82, 2.24) is 4.72 Å². The molecule has 8 nitrogen and oxygen atoms in total. The van der Waals surface area contributed by atoms with Crippen LogP contribution in [0.5, 0.6) is 11.5 Å². The van der Waals surface area contributed by atoms with Gasteiger partial charge in [0.15, 0.2) is 23.9 Å². The molecular formula is C20H19Cl2NO7S. The van der Waals surface area contributed by atoms with Crippen LogP contribution in [0.2, 0.25) is 10.0 Å². The maximum atomic E-state index is 12.4. The van der Waals surface area contributed by atoms with Gasteiger partial charge in [-0.1, -0.05) is 23.2 Å². The second-order valence-corrected chi connectivity index (χ2v) is 9.19. The van der Waals surface area contributed by atoms with Crippen molar-refractivity contribution in [2.45, 2.75) is 24.3 Å². The molecule has 0 unspecified atom stereocenters. The van der Waals surface area contributed by atoms with Crippen molar-refractivity contribution in [3.63, 3.8) is 0 Å². The van der Waals surface area contributed by atoms with Gasteiger partial charge in [-0.2, -0.15) is 4.72 Å². The number of fused-ring (bicyclic) bond motifs is 1. The Morgan fingerprint density at radius 2 is 1.77 bits per heavy atom. The highest BCUT2D eigenvalue weighted by Gasteiger charge is 2.25. The zero-order valence-corrected chi connectivity index (χ0v) is 18.7. The standard InChI is InChI=1S/C20H19Cl2NO7S/c1-12(23-31(26,27)14-4-5-15(21)16(22)10-14)20(25)30-11-17(24)13-3-6-18-19(9-13)29-8-2-7-28-18/h3-6,9-10,12,23H,2,7-8,11H2,1H3/t12-/m0/s1. The molecule has 0 saturated heterocycles. The lowest BCUT2D eigenvalue weighted by atomic mass is 10.1. The third-order valence-electron chi connectivity index (χ3n) is 4.30. The summed E-state index contributed by atoms with van der Waals surface area (Å²) in [4.78, 5) is 24.4. The molecule has 166 valence electrons. The SMILES string of the molecule is C[C@H](NS(=O)(=O)c1ccc(Cl)c(Cl)c1)C(=O)OCC(=O)c1ccc2c(c1)OCCCO2. The van der Waals surface area contributed by atoms with Crippen molar-refractivity contribution in [3.8, 4) is 11.5 Å². The van der Waals surface area contributed by atoms with Crippen LogP contribution in [-0.4, -0.2) is 46.0 Å². The van der Waals surface area contributed by atoms with E-state index in [1.165, 1.54) is 25.1 Å². The molecule has 11 heteroatoms. The quantitative estimate of drug-likeness (QED) is 0.471. The number of hydrogen-bond acceptors (Lipinski definition) is 7. The van der Waals surface area contributed by atoms with Gasteiger partial charge in [-0.25, -0.2) is 8.42 Å². The highest BCUT2D eigenvalue weighted by Crippen LogP contribution is 2.30. The number of esters is 1. The summed E-state index contributed by atoms with van der Waals surface area (Å²) in [7, 11) is -4.06. The molecule has 0 fully saturated rings. The third-order valence-corrected chi connectivity index (χ3v) is 6.58. The topological polar surface area (TPSA) is 108 Å². The first-order valence-electron chi connectivity index (χ1n) is 9.24. The minimum atomic E-state index is -4.06. The Labute approximate surface area is 189 Å². The molecule has 0 aromatic heterocycles. The molecule has 1 N–H and O–H groups in total. The van der Waals surface area contributed by atoms with Gasteiger partial charge < -0.3 is 14.2 Å². The van der Waals surface area contributed by atoms with Gasteiger partial charge in [-0.3, -0.25) is 9.59 Å². The number of sulfonamides is 1. The molecular weight excluding hydrogens is 469 g/mol. The van der Waals surface area contributed by atoms with Crippen LogP contribution >= 0.6 is 23.2 Å². The fraction of sp³-hybridized carbons (Fsp3) is 0.300. The van der Waals surface area contributed by atoms with Crippen molar-refractivity contribution in [2.75, 3.05) is 19.8 Å². The molecule has 3 rings (SSSR count). The first-order chi connectivity index (χ1) is 14.7. The van der Waals surface area contributed by atoms with Crippen LogP contribution in [-0.2, 0) is 19.6 Å². The molecule has 0 radical (unpaired) electrons. The van der Waals surface area contributed by atoms with E-state index in [0.717, 1.165) is 12.5 Å². The molecule has 0 bridgehead atoms. The zero-order valence-electron chi connectivity index (χ0n) is 16.4. The van der Waals surface area contributed by atoms with Crippen LogP contribution in [0.4, 0.5) is 0 Å². The summed E-state index contributed by atoms with van der Waals surface area (Å²) in [6, 6.07) is 7.18. The monoisotopic (exact) mass is 487 g/mol. The summed E-state index contributed by atoms with van der Waals surface area (Å²) < 4.78 is 43.0. The number of benzene rings is 2. The lowest BCUT2D eigenvalue weighted by Gasteiger charge is -2.14. The van der Waals surface area contributed by atoms with E-state index >= 15 is 0 Å². The fourth-order valence-electron chi connectivity index (χ4n) is 2.67. The lowest BCUT2D eigenvalue weighted by molar-refractivity contribution is -0.144. The van der Waals surface area contributed by atoms with Crippen LogP contribution in [0, 0.1) is 0 Å². The maximum absolute atomic E-state index is 12.4. The molecule has 0 saturated carbocycles. The molecule has 0 aliphatic carbocycles. The Morgan fingerprint density at radius 1 is 1.06 bits per heavy atom. The Hall–Kier alpha value is -2.33. The molecule has 2 aromatic rings. The van der Waals surface area contributed by atoms with Crippen molar-refractivity contribution >= 4 is 45.0 Å². The zero-order chi connectivity index (χ0) is 22.6. The Kier molecular flexibility index (Phi) is 7.42. The molecule has 1 aliphatic heterocycles. The fourth-order valence-corrected chi connectivity index (χ4v) is 4.26. The number of carbonyl (C=O) groups excluding carboxylic acids is 2. The number of halogens is 2. The highest BCUT2D eigenvalue weighted by molar-refractivity contribution is 7.89. The van der Waals surface area contributed by atoms with Gasteiger partial charge in [0.05, 0.1) is 28.2 Å². The van der Waals surface area contributed by atoms with E-state index in [9.17, 15) is 18.0 Å². The second-order valence-electron chi connectivity index (χ2n) is 6.66. The molecule has 2 aromatic carbocycles. The number of rotatable bonds is 7. The van der Waals surface area contributed by atoms with E-state index in [1.54, 1.807) is 12.1 Å². The lowest BCUT2D eigenvalue weighted by Crippen LogP contribution is -2.40. The predicted molar refractivity (Wildman–Crippen MR) is 114 cm³/mol. The maximum Gasteiger partial charge on any atom is 0.324 e. The number of carbonyl (C=O) groups is 2. The number of Topliss-reactive ketones (excluding diaryl/α,β-unsaturated/α-hetero) is 1. The molecule has 1 heterocycles. The largest absolute Gasteiger partial charge is 0.490 e. The number of ether oxygens (including phenoxy) is 3. The van der Waals surface area contributed by atoms with Gasteiger partial charge >= 0.3 is 5.97 Å². The molecule has 1 aliphatic rings. The van der Waals surface area contributed by atoms with Crippen molar-refractivity contribution in [2.24, 2.45) is 0 Å². The molecule has 0 amide bonds. The summed E-state index contributed by atoms with van der Waals surface area (Å²) in [6.45, 7) is 1.73. The minimum absolute atomic E-state index is 0.0560. The summed E-state index contributed by atoms with van der Waals surface area (Å²) in [5.74, 6) is -0.399. The van der Waals surface area contributed by atoms with Crippen LogP contribution in [0.25, 0.3) is 0 Å². The van der Waals surface area contributed by atoms with Gasteiger partial charge in [0.1, 0.15) is 6.04 Å². The van der Waals surface area contributed by atoms with Crippen molar-refractivity contribution in [3.05, 3.63) is 52.0 Å².